The van der Waals surface area contributed by atoms with Crippen molar-refractivity contribution in [2.45, 2.75) is 52.2 Å². The van der Waals surface area contributed by atoms with E-state index in [1.807, 2.05) is 82.3 Å². The summed E-state index contributed by atoms with van der Waals surface area (Å²) in [6.45, 7) is 7.82. The first kappa shape index (κ1) is 27.2. The fraction of sp³-hybridized carbons (Fsp3) is 0.370. The smallest absolute Gasteiger partial charge is 0.410 e. The Kier molecular flexibility index (Phi) is 9.06. The topological polar surface area (TPSA) is 118 Å². The van der Waals surface area contributed by atoms with Gasteiger partial charge in [0.15, 0.2) is 5.13 Å². The number of rotatable bonds is 9. The molecule has 0 aliphatic heterocycles. The minimum absolute atomic E-state index is 0.119. The predicted molar refractivity (Wildman–Crippen MR) is 143 cm³/mol. The van der Waals surface area contributed by atoms with E-state index in [1.54, 1.807) is 0 Å². The van der Waals surface area contributed by atoms with Gasteiger partial charge in [0, 0.05) is 17.1 Å². The van der Waals surface area contributed by atoms with E-state index in [1.165, 1.54) is 16.2 Å². The van der Waals surface area contributed by atoms with Crippen molar-refractivity contribution in [3.8, 4) is 0 Å². The third-order valence-electron chi connectivity index (χ3n) is 5.37. The fourth-order valence-electron chi connectivity index (χ4n) is 3.56. The molecule has 0 spiro atoms. The lowest BCUT2D eigenvalue weighted by Crippen LogP contribution is -2.40. The van der Waals surface area contributed by atoms with Crippen LogP contribution < -0.4 is 11.1 Å². The Labute approximate surface area is 216 Å². The van der Waals surface area contributed by atoms with Gasteiger partial charge in [0.1, 0.15) is 5.60 Å². The van der Waals surface area contributed by atoms with Crippen molar-refractivity contribution in [3.63, 3.8) is 0 Å². The van der Waals surface area contributed by atoms with Gasteiger partial charge in [-0.3, -0.25) is 4.79 Å². The number of aliphatic hydroxyl groups excluding tert-OH is 1. The number of aryl methyl sites for hydroxylation is 1. The van der Waals surface area contributed by atoms with Crippen molar-refractivity contribution in [2.75, 3.05) is 24.1 Å². The van der Waals surface area contributed by atoms with E-state index in [2.05, 4.69) is 10.3 Å². The predicted octanol–water partition coefficient (Wildman–Crippen LogP) is 4.73. The third kappa shape index (κ3) is 8.35. The van der Waals surface area contributed by atoms with Crippen LogP contribution in [0.3, 0.4) is 0 Å². The molecule has 0 saturated carbocycles. The summed E-state index contributed by atoms with van der Waals surface area (Å²) in [4.78, 5) is 31.9. The Bertz CT molecular complexity index is 1160. The molecule has 0 radical (unpaired) electrons. The number of carbonyl (C=O) groups is 2. The molecule has 9 heteroatoms. The Morgan fingerprint density at radius 2 is 1.81 bits per heavy atom. The lowest BCUT2D eigenvalue weighted by Gasteiger charge is -2.29. The lowest BCUT2D eigenvalue weighted by molar-refractivity contribution is -0.115. The molecule has 0 saturated heterocycles. The molecule has 1 aromatic heterocycles. The molecule has 0 aliphatic rings. The van der Waals surface area contributed by atoms with Crippen LogP contribution in [0.25, 0.3) is 0 Å². The van der Waals surface area contributed by atoms with Crippen LogP contribution in [0.15, 0.2) is 54.6 Å². The first-order valence-corrected chi connectivity index (χ1v) is 12.6. The van der Waals surface area contributed by atoms with Gasteiger partial charge in [-0.05, 0) is 57.4 Å². The molecule has 1 atom stereocenters. The second kappa shape index (κ2) is 12.0. The van der Waals surface area contributed by atoms with E-state index in [-0.39, 0.29) is 18.9 Å². The van der Waals surface area contributed by atoms with Crippen LogP contribution in [0.2, 0.25) is 0 Å². The van der Waals surface area contributed by atoms with Crippen LogP contribution in [0, 0.1) is 6.92 Å². The lowest BCUT2D eigenvalue weighted by atomic mass is 10.1. The molecule has 2 amide bonds. The Morgan fingerprint density at radius 1 is 1.14 bits per heavy atom. The molecule has 0 aliphatic carbocycles. The Hall–Kier alpha value is -3.43. The summed E-state index contributed by atoms with van der Waals surface area (Å²) in [5, 5.41) is 14.0. The van der Waals surface area contributed by atoms with Crippen LogP contribution in [-0.4, -0.2) is 45.7 Å². The molecule has 1 heterocycles. The number of aromatic nitrogens is 1. The number of thiazole rings is 1. The van der Waals surface area contributed by atoms with Crippen LogP contribution in [0.1, 0.15) is 48.6 Å². The number of nitrogens with one attached hydrogen (secondary N) is 1. The largest absolute Gasteiger partial charge is 0.444 e. The summed E-state index contributed by atoms with van der Waals surface area (Å²) >= 11 is 1.37. The Balaban J connectivity index is 1.60. The SMILES string of the molecule is Cc1sc(N)nc1CC(=O)Nc1ccc(CCN(C[C@H](O)c2ccccc2)C(=O)OC(C)(C)C)cc1. The zero-order valence-electron chi connectivity index (χ0n) is 21.2. The number of nitrogen functional groups attached to an aromatic ring is 1. The van der Waals surface area contributed by atoms with Gasteiger partial charge in [-0.2, -0.15) is 0 Å². The van der Waals surface area contributed by atoms with Crippen molar-refractivity contribution in [3.05, 3.63) is 76.3 Å². The molecule has 4 N–H and O–H groups in total. The highest BCUT2D eigenvalue weighted by Crippen LogP contribution is 2.21. The standard InChI is InChI=1S/C27H34N4O4S/c1-18-22(30-25(28)36-18)16-24(33)29-21-12-10-19(11-13-21)14-15-31(26(34)35-27(2,3)4)17-23(32)20-8-6-5-7-9-20/h5-13,23,32H,14-17H2,1-4H3,(H2,28,30)(H,29,33)/t23-/m0/s1. The van der Waals surface area contributed by atoms with Crippen LogP contribution in [-0.2, 0) is 22.4 Å². The molecule has 3 aromatic rings. The number of amides is 2. The second-order valence-corrected chi connectivity index (χ2v) is 10.8. The first-order valence-electron chi connectivity index (χ1n) is 11.8. The molecule has 36 heavy (non-hydrogen) atoms. The monoisotopic (exact) mass is 510 g/mol. The molecular formula is C27H34N4O4S. The number of carbonyl (C=O) groups excluding carboxylic acids is 2. The van der Waals surface area contributed by atoms with Gasteiger partial charge in [-0.1, -0.05) is 42.5 Å². The van der Waals surface area contributed by atoms with Gasteiger partial charge in [0.05, 0.1) is 24.8 Å². The van der Waals surface area contributed by atoms with Crippen molar-refractivity contribution in [1.29, 1.82) is 0 Å². The minimum Gasteiger partial charge on any atom is -0.444 e. The quantitative estimate of drug-likeness (QED) is 0.383. The molecule has 0 unspecified atom stereocenters. The molecule has 192 valence electrons. The second-order valence-electron chi connectivity index (χ2n) is 9.58. The summed E-state index contributed by atoms with van der Waals surface area (Å²) < 4.78 is 5.56. The highest BCUT2D eigenvalue weighted by atomic mass is 32.1. The number of hydrogen-bond acceptors (Lipinski definition) is 7. The van der Waals surface area contributed by atoms with E-state index in [0.717, 1.165) is 16.0 Å². The molecular weight excluding hydrogens is 476 g/mol. The van der Waals surface area contributed by atoms with E-state index in [4.69, 9.17) is 10.5 Å². The van der Waals surface area contributed by atoms with Gasteiger partial charge in [-0.15, -0.1) is 11.3 Å². The van der Waals surface area contributed by atoms with Gasteiger partial charge in [0.2, 0.25) is 5.91 Å². The molecule has 8 nitrogen and oxygen atoms in total. The molecule has 2 aromatic carbocycles. The number of anilines is 2. The number of nitrogens with two attached hydrogens (primary N) is 1. The molecule has 0 fully saturated rings. The fourth-order valence-corrected chi connectivity index (χ4v) is 4.27. The van der Waals surface area contributed by atoms with Crippen LogP contribution >= 0.6 is 11.3 Å². The molecule has 3 rings (SSSR count). The first-order chi connectivity index (χ1) is 17.0. The van der Waals surface area contributed by atoms with E-state index in [0.29, 0.717) is 29.5 Å². The maximum Gasteiger partial charge on any atom is 0.410 e. The Morgan fingerprint density at radius 3 is 2.39 bits per heavy atom. The average molecular weight is 511 g/mol. The van der Waals surface area contributed by atoms with Crippen LogP contribution in [0.4, 0.5) is 15.6 Å². The summed E-state index contributed by atoms with van der Waals surface area (Å²) in [5.41, 5.74) is 8.15. The third-order valence-corrected chi connectivity index (χ3v) is 6.22. The number of benzene rings is 2. The average Bonchev–Trinajstić information content (AvgIpc) is 3.12. The molecule has 0 bridgehead atoms. The minimum atomic E-state index is -0.826. The number of ether oxygens (including phenoxy) is 1. The number of aliphatic hydroxyl groups is 1. The van der Waals surface area contributed by atoms with Crippen molar-refractivity contribution >= 4 is 34.2 Å². The van der Waals surface area contributed by atoms with E-state index < -0.39 is 17.8 Å². The number of hydrogen-bond donors (Lipinski definition) is 3. The number of nitrogens with zero attached hydrogens (tertiary/aromatic N) is 2. The summed E-state index contributed by atoms with van der Waals surface area (Å²) in [6.07, 6.45) is -0.574. The maximum absolute atomic E-state index is 12.8. The van der Waals surface area contributed by atoms with Crippen LogP contribution in [0.5, 0.6) is 0 Å². The van der Waals surface area contributed by atoms with Gasteiger partial charge in [-0.25, -0.2) is 9.78 Å². The zero-order chi connectivity index (χ0) is 26.3. The summed E-state index contributed by atoms with van der Waals surface area (Å²) in [6, 6.07) is 16.7. The van der Waals surface area contributed by atoms with E-state index >= 15 is 0 Å². The highest BCUT2D eigenvalue weighted by molar-refractivity contribution is 7.15. The highest BCUT2D eigenvalue weighted by Gasteiger charge is 2.24. The van der Waals surface area contributed by atoms with Crippen molar-refractivity contribution in [2.24, 2.45) is 0 Å². The van der Waals surface area contributed by atoms with Gasteiger partial charge < -0.3 is 25.8 Å². The van der Waals surface area contributed by atoms with Crippen molar-refractivity contribution in [1.82, 2.24) is 9.88 Å². The summed E-state index contributed by atoms with van der Waals surface area (Å²) in [7, 11) is 0. The van der Waals surface area contributed by atoms with Gasteiger partial charge in [0.25, 0.3) is 0 Å². The zero-order valence-corrected chi connectivity index (χ0v) is 22.0. The summed E-state index contributed by atoms with van der Waals surface area (Å²) in [5.74, 6) is -0.165. The van der Waals surface area contributed by atoms with E-state index in [9.17, 15) is 14.7 Å². The van der Waals surface area contributed by atoms with Gasteiger partial charge >= 0.3 is 6.09 Å². The maximum atomic E-state index is 12.8. The normalized spacial score (nSPS) is 12.1. The van der Waals surface area contributed by atoms with Crippen molar-refractivity contribution < 1.29 is 19.4 Å².